The van der Waals surface area contributed by atoms with E-state index in [9.17, 15) is 0 Å². The number of nitrogens with zero attached hydrogens (tertiary/aromatic N) is 1. The van der Waals surface area contributed by atoms with Crippen molar-refractivity contribution in [3.63, 3.8) is 0 Å². The van der Waals surface area contributed by atoms with Gasteiger partial charge in [-0.05, 0) is 25.2 Å². The molecule has 0 fully saturated rings. The summed E-state index contributed by atoms with van der Waals surface area (Å²) >= 11 is 0. The molecule has 0 heterocycles. The highest BCUT2D eigenvalue weighted by Crippen LogP contribution is 2.07. The van der Waals surface area contributed by atoms with E-state index in [0.717, 1.165) is 19.6 Å². The molecule has 0 saturated heterocycles. The number of hydrogen-bond donors (Lipinski definition) is 1. The van der Waals surface area contributed by atoms with Gasteiger partial charge < -0.3 is 5.32 Å². The summed E-state index contributed by atoms with van der Waals surface area (Å²) < 4.78 is 0. The van der Waals surface area contributed by atoms with Gasteiger partial charge in [-0.25, -0.2) is 0 Å². The van der Waals surface area contributed by atoms with Crippen molar-refractivity contribution in [1.29, 1.82) is 0 Å². The molecule has 0 unspecified atom stereocenters. The normalized spacial score (nSPS) is 10.6. The standard InChI is InChI=1S/C13H20N2/c1-4-8-15(3)11-13-7-5-6-12(9-13)10-14-2/h4-7,9,14H,1,8,10-11H2,2-3H3. The zero-order valence-corrected chi connectivity index (χ0v) is 9.66. The van der Waals surface area contributed by atoms with Gasteiger partial charge in [0.05, 0.1) is 0 Å². The van der Waals surface area contributed by atoms with E-state index < -0.39 is 0 Å². The molecule has 15 heavy (non-hydrogen) atoms. The van der Waals surface area contributed by atoms with Crippen LogP contribution in [0.15, 0.2) is 36.9 Å². The van der Waals surface area contributed by atoms with Crippen molar-refractivity contribution in [2.24, 2.45) is 0 Å². The van der Waals surface area contributed by atoms with Crippen molar-refractivity contribution in [1.82, 2.24) is 10.2 Å². The number of benzene rings is 1. The second-order valence-corrected chi connectivity index (χ2v) is 3.84. The van der Waals surface area contributed by atoms with Crippen LogP contribution >= 0.6 is 0 Å². The minimum Gasteiger partial charge on any atom is -0.316 e. The summed E-state index contributed by atoms with van der Waals surface area (Å²) in [5.41, 5.74) is 2.69. The molecule has 82 valence electrons. The van der Waals surface area contributed by atoms with Gasteiger partial charge in [0.25, 0.3) is 0 Å². The summed E-state index contributed by atoms with van der Waals surface area (Å²) in [6.45, 7) is 6.57. The highest BCUT2D eigenvalue weighted by molar-refractivity contribution is 5.23. The lowest BCUT2D eigenvalue weighted by molar-refractivity contribution is 0.363. The highest BCUT2D eigenvalue weighted by Gasteiger charge is 1.99. The molecule has 1 aromatic rings. The second kappa shape index (κ2) is 6.38. The van der Waals surface area contributed by atoms with E-state index in [1.165, 1.54) is 11.1 Å². The molecule has 0 aliphatic rings. The Hall–Kier alpha value is -1.12. The topological polar surface area (TPSA) is 15.3 Å². The Morgan fingerprint density at radius 3 is 2.80 bits per heavy atom. The van der Waals surface area contributed by atoms with Gasteiger partial charge in [0.15, 0.2) is 0 Å². The minimum absolute atomic E-state index is 0.927. The molecule has 0 atom stereocenters. The SMILES string of the molecule is C=CCN(C)Cc1cccc(CNC)c1. The molecule has 1 aromatic carbocycles. The van der Waals surface area contributed by atoms with E-state index in [0.29, 0.717) is 0 Å². The van der Waals surface area contributed by atoms with Crippen LogP contribution in [0.25, 0.3) is 0 Å². The second-order valence-electron chi connectivity index (χ2n) is 3.84. The molecular formula is C13H20N2. The lowest BCUT2D eigenvalue weighted by Crippen LogP contribution is -2.17. The molecule has 1 N–H and O–H groups in total. The van der Waals surface area contributed by atoms with Gasteiger partial charge in [0, 0.05) is 19.6 Å². The molecule has 0 aliphatic carbocycles. The molecule has 0 amide bonds. The van der Waals surface area contributed by atoms with E-state index in [1.54, 1.807) is 0 Å². The van der Waals surface area contributed by atoms with Crippen LogP contribution < -0.4 is 5.32 Å². The predicted molar refractivity (Wildman–Crippen MR) is 65.7 cm³/mol. The van der Waals surface area contributed by atoms with Crippen LogP contribution in [0.3, 0.4) is 0 Å². The van der Waals surface area contributed by atoms with Crippen LogP contribution in [0, 0.1) is 0 Å². The van der Waals surface area contributed by atoms with Crippen LogP contribution in [0.5, 0.6) is 0 Å². The number of rotatable bonds is 6. The summed E-state index contributed by atoms with van der Waals surface area (Å²) in [7, 11) is 4.07. The molecule has 0 bridgehead atoms. The Bertz CT molecular complexity index is 307. The van der Waals surface area contributed by atoms with Crippen molar-refractivity contribution >= 4 is 0 Å². The lowest BCUT2D eigenvalue weighted by Gasteiger charge is -2.14. The Kier molecular flexibility index (Phi) is 5.08. The summed E-state index contributed by atoms with van der Waals surface area (Å²) in [6.07, 6.45) is 1.93. The molecule has 1 rings (SSSR count). The first-order valence-corrected chi connectivity index (χ1v) is 5.28. The first-order chi connectivity index (χ1) is 7.26. The average molecular weight is 204 g/mol. The molecule has 0 spiro atoms. The lowest BCUT2D eigenvalue weighted by atomic mass is 10.1. The van der Waals surface area contributed by atoms with Crippen LogP contribution in [-0.4, -0.2) is 25.5 Å². The molecule has 2 heteroatoms. The molecule has 2 nitrogen and oxygen atoms in total. The van der Waals surface area contributed by atoms with Crippen molar-refractivity contribution < 1.29 is 0 Å². The number of likely N-dealkylation sites (N-methyl/N-ethyl adjacent to an activating group) is 1. The smallest absolute Gasteiger partial charge is 0.0234 e. The maximum Gasteiger partial charge on any atom is 0.0234 e. The molecule has 0 radical (unpaired) electrons. The first-order valence-electron chi connectivity index (χ1n) is 5.28. The third kappa shape index (κ3) is 4.28. The Labute approximate surface area is 92.6 Å². The van der Waals surface area contributed by atoms with Crippen LogP contribution in [0.1, 0.15) is 11.1 Å². The van der Waals surface area contributed by atoms with Gasteiger partial charge in [-0.15, -0.1) is 6.58 Å². The monoisotopic (exact) mass is 204 g/mol. The van der Waals surface area contributed by atoms with E-state index in [-0.39, 0.29) is 0 Å². The third-order valence-electron chi connectivity index (χ3n) is 2.27. The van der Waals surface area contributed by atoms with E-state index in [1.807, 2.05) is 13.1 Å². The largest absolute Gasteiger partial charge is 0.316 e. The van der Waals surface area contributed by atoms with Crippen molar-refractivity contribution in [3.05, 3.63) is 48.0 Å². The van der Waals surface area contributed by atoms with Crippen molar-refractivity contribution in [2.45, 2.75) is 13.1 Å². The highest BCUT2D eigenvalue weighted by atomic mass is 15.1. The quantitative estimate of drug-likeness (QED) is 0.713. The maximum absolute atomic E-state index is 3.74. The Morgan fingerprint density at radius 2 is 2.13 bits per heavy atom. The van der Waals surface area contributed by atoms with Crippen molar-refractivity contribution in [2.75, 3.05) is 20.6 Å². The molecule has 0 aliphatic heterocycles. The van der Waals surface area contributed by atoms with E-state index in [4.69, 9.17) is 0 Å². The molecule has 0 aromatic heterocycles. The fraction of sp³-hybridized carbons (Fsp3) is 0.385. The fourth-order valence-corrected chi connectivity index (χ4v) is 1.64. The van der Waals surface area contributed by atoms with E-state index in [2.05, 4.69) is 48.1 Å². The van der Waals surface area contributed by atoms with Crippen LogP contribution in [0.2, 0.25) is 0 Å². The zero-order valence-electron chi connectivity index (χ0n) is 9.66. The van der Waals surface area contributed by atoms with Gasteiger partial charge in [-0.3, -0.25) is 4.90 Å². The number of nitrogens with one attached hydrogen (secondary N) is 1. The summed E-state index contributed by atoms with van der Waals surface area (Å²) in [5, 5.41) is 3.16. The minimum atomic E-state index is 0.927. The predicted octanol–water partition coefficient (Wildman–Crippen LogP) is 2.02. The zero-order chi connectivity index (χ0) is 11.1. The van der Waals surface area contributed by atoms with Gasteiger partial charge in [-0.1, -0.05) is 30.3 Å². The Morgan fingerprint density at radius 1 is 1.40 bits per heavy atom. The first kappa shape index (κ1) is 12.0. The van der Waals surface area contributed by atoms with Crippen LogP contribution in [-0.2, 0) is 13.1 Å². The van der Waals surface area contributed by atoms with Gasteiger partial charge in [0.1, 0.15) is 0 Å². The average Bonchev–Trinajstić information content (AvgIpc) is 2.19. The van der Waals surface area contributed by atoms with E-state index >= 15 is 0 Å². The van der Waals surface area contributed by atoms with Crippen LogP contribution in [0.4, 0.5) is 0 Å². The van der Waals surface area contributed by atoms with Gasteiger partial charge in [-0.2, -0.15) is 0 Å². The Balaban J connectivity index is 2.60. The maximum atomic E-state index is 3.74. The molecule has 0 saturated carbocycles. The fourth-order valence-electron chi connectivity index (χ4n) is 1.64. The summed E-state index contributed by atoms with van der Waals surface area (Å²) in [4.78, 5) is 2.24. The van der Waals surface area contributed by atoms with Gasteiger partial charge in [0.2, 0.25) is 0 Å². The molecular weight excluding hydrogens is 184 g/mol. The summed E-state index contributed by atoms with van der Waals surface area (Å²) in [6, 6.07) is 8.67. The number of hydrogen-bond acceptors (Lipinski definition) is 2. The van der Waals surface area contributed by atoms with Gasteiger partial charge >= 0.3 is 0 Å². The summed E-state index contributed by atoms with van der Waals surface area (Å²) in [5.74, 6) is 0. The third-order valence-corrected chi connectivity index (χ3v) is 2.27. The van der Waals surface area contributed by atoms with Crippen molar-refractivity contribution in [3.8, 4) is 0 Å².